The van der Waals surface area contributed by atoms with Crippen molar-refractivity contribution in [2.24, 2.45) is 0 Å². The predicted molar refractivity (Wildman–Crippen MR) is 96.2 cm³/mol. The van der Waals surface area contributed by atoms with Gasteiger partial charge in [0.1, 0.15) is 11.5 Å². The second-order valence-electron chi connectivity index (χ2n) is 6.22. The third-order valence-corrected chi connectivity index (χ3v) is 4.57. The Morgan fingerprint density at radius 3 is 2.21 bits per heavy atom. The largest absolute Gasteiger partial charge is 0.508 e. The van der Waals surface area contributed by atoms with Gasteiger partial charge in [0, 0.05) is 5.92 Å². The number of rotatable bonds is 3. The molecule has 0 spiro atoms. The lowest BCUT2D eigenvalue weighted by atomic mass is 9.86. The van der Waals surface area contributed by atoms with Gasteiger partial charge in [0.05, 0.1) is 0 Å². The molecule has 0 radical (unpaired) electrons. The molecule has 2 N–H and O–H groups in total. The first-order chi connectivity index (χ1) is 11.7. The molecule has 118 valence electrons. The summed E-state index contributed by atoms with van der Waals surface area (Å²) in [5.41, 5.74) is 6.00. The van der Waals surface area contributed by atoms with Crippen molar-refractivity contribution in [3.05, 3.63) is 101 Å². The minimum atomic E-state index is 0.155. The lowest BCUT2D eigenvalue weighted by Crippen LogP contribution is -2.03. The average molecular weight is 314 g/mol. The Balaban J connectivity index is 1.76. The van der Waals surface area contributed by atoms with Crippen molar-refractivity contribution in [3.63, 3.8) is 0 Å². The van der Waals surface area contributed by atoms with E-state index in [1.807, 2.05) is 42.5 Å². The van der Waals surface area contributed by atoms with Gasteiger partial charge in [-0.2, -0.15) is 0 Å². The van der Waals surface area contributed by atoms with Crippen molar-refractivity contribution in [1.82, 2.24) is 0 Å². The highest BCUT2D eigenvalue weighted by Crippen LogP contribution is 2.43. The first-order valence-electron chi connectivity index (χ1n) is 8.07. The Hall–Kier alpha value is -3.00. The first-order valence-corrected chi connectivity index (χ1v) is 8.07. The molecule has 1 unspecified atom stereocenters. The van der Waals surface area contributed by atoms with Crippen LogP contribution in [0.3, 0.4) is 0 Å². The molecule has 3 aromatic carbocycles. The molecule has 3 aromatic rings. The summed E-state index contributed by atoms with van der Waals surface area (Å²) < 4.78 is 0. The maximum absolute atomic E-state index is 9.92. The van der Waals surface area contributed by atoms with Crippen LogP contribution in [0.1, 0.15) is 28.2 Å². The topological polar surface area (TPSA) is 40.5 Å². The van der Waals surface area contributed by atoms with E-state index < -0.39 is 0 Å². The zero-order valence-corrected chi connectivity index (χ0v) is 13.2. The molecule has 2 heteroatoms. The summed E-state index contributed by atoms with van der Waals surface area (Å²) in [6.07, 6.45) is 3.04. The van der Waals surface area contributed by atoms with E-state index in [0.717, 1.165) is 23.1 Å². The number of allylic oxidation sites excluding steroid dienone is 1. The van der Waals surface area contributed by atoms with Crippen LogP contribution in [0.15, 0.2) is 78.4 Å². The molecule has 0 fully saturated rings. The standard InChI is InChI=1S/C22H18O2/c23-19-9-6-15(7-10-19)12-18-13-17-8-11-20(24)14-21(17)22(18)16-4-2-1-3-5-16/h1-11,13-14,22-24H,12H2. The molecule has 0 aliphatic heterocycles. The molecular formula is C22H18O2. The van der Waals surface area contributed by atoms with E-state index in [1.54, 1.807) is 18.2 Å². The number of benzene rings is 3. The van der Waals surface area contributed by atoms with Crippen LogP contribution < -0.4 is 0 Å². The minimum Gasteiger partial charge on any atom is -0.508 e. The summed E-state index contributed by atoms with van der Waals surface area (Å²) in [5, 5.41) is 19.4. The fourth-order valence-corrected chi connectivity index (χ4v) is 3.47. The molecule has 0 heterocycles. The van der Waals surface area contributed by atoms with Crippen molar-refractivity contribution in [2.75, 3.05) is 0 Å². The minimum absolute atomic E-state index is 0.155. The van der Waals surface area contributed by atoms with Crippen molar-refractivity contribution in [1.29, 1.82) is 0 Å². The molecule has 0 saturated heterocycles. The van der Waals surface area contributed by atoms with Crippen LogP contribution in [0.25, 0.3) is 6.08 Å². The zero-order chi connectivity index (χ0) is 16.5. The van der Waals surface area contributed by atoms with E-state index in [9.17, 15) is 10.2 Å². The Bertz CT molecular complexity index is 893. The monoisotopic (exact) mass is 314 g/mol. The fourth-order valence-electron chi connectivity index (χ4n) is 3.47. The maximum Gasteiger partial charge on any atom is 0.115 e. The fraction of sp³-hybridized carbons (Fsp3) is 0.0909. The summed E-state index contributed by atoms with van der Waals surface area (Å²) in [7, 11) is 0. The van der Waals surface area contributed by atoms with Gasteiger partial charge in [-0.1, -0.05) is 60.2 Å². The molecule has 1 aliphatic rings. The van der Waals surface area contributed by atoms with Gasteiger partial charge in [0.25, 0.3) is 0 Å². The van der Waals surface area contributed by atoms with Crippen molar-refractivity contribution in [3.8, 4) is 11.5 Å². The second kappa shape index (κ2) is 5.89. The molecule has 0 amide bonds. The summed E-state index contributed by atoms with van der Waals surface area (Å²) in [4.78, 5) is 0. The SMILES string of the molecule is Oc1ccc(CC2=Cc3ccc(O)cc3C2c2ccccc2)cc1. The van der Waals surface area contributed by atoms with Crippen molar-refractivity contribution >= 4 is 6.08 Å². The Kier molecular flexibility index (Phi) is 3.58. The van der Waals surface area contributed by atoms with Crippen LogP contribution in [-0.4, -0.2) is 10.2 Å². The number of hydrogen-bond acceptors (Lipinski definition) is 2. The van der Waals surface area contributed by atoms with Crippen LogP contribution in [0.4, 0.5) is 0 Å². The van der Waals surface area contributed by atoms with Gasteiger partial charge in [-0.15, -0.1) is 0 Å². The normalized spacial score (nSPS) is 15.8. The summed E-state index contributed by atoms with van der Waals surface area (Å²) >= 11 is 0. The molecule has 24 heavy (non-hydrogen) atoms. The van der Waals surface area contributed by atoms with Crippen molar-refractivity contribution < 1.29 is 10.2 Å². The van der Waals surface area contributed by atoms with Crippen LogP contribution in [0.2, 0.25) is 0 Å². The predicted octanol–water partition coefficient (Wildman–Crippen LogP) is 4.87. The van der Waals surface area contributed by atoms with E-state index in [0.29, 0.717) is 5.75 Å². The molecular weight excluding hydrogens is 296 g/mol. The number of fused-ring (bicyclic) bond motifs is 1. The van der Waals surface area contributed by atoms with Gasteiger partial charge < -0.3 is 10.2 Å². The smallest absolute Gasteiger partial charge is 0.115 e. The highest BCUT2D eigenvalue weighted by atomic mass is 16.3. The highest BCUT2D eigenvalue weighted by Gasteiger charge is 2.27. The third kappa shape index (κ3) is 2.67. The van der Waals surface area contributed by atoms with Crippen molar-refractivity contribution in [2.45, 2.75) is 12.3 Å². The molecule has 2 nitrogen and oxygen atoms in total. The van der Waals surface area contributed by atoms with E-state index >= 15 is 0 Å². The number of phenolic OH excluding ortho intramolecular Hbond substituents is 2. The van der Waals surface area contributed by atoms with Gasteiger partial charge >= 0.3 is 0 Å². The number of hydrogen-bond donors (Lipinski definition) is 2. The van der Waals surface area contributed by atoms with E-state index in [4.69, 9.17) is 0 Å². The maximum atomic E-state index is 9.92. The van der Waals surface area contributed by atoms with Crippen LogP contribution in [-0.2, 0) is 6.42 Å². The molecule has 0 saturated carbocycles. The third-order valence-electron chi connectivity index (χ3n) is 4.57. The molecule has 1 atom stereocenters. The van der Waals surface area contributed by atoms with Gasteiger partial charge in [-0.3, -0.25) is 0 Å². The van der Waals surface area contributed by atoms with Crippen LogP contribution in [0, 0.1) is 0 Å². The molecule has 0 bridgehead atoms. The average Bonchev–Trinajstić information content (AvgIpc) is 2.95. The lowest BCUT2D eigenvalue weighted by Gasteiger charge is -2.18. The summed E-state index contributed by atoms with van der Waals surface area (Å²) in [6.45, 7) is 0. The molecule has 1 aliphatic carbocycles. The lowest BCUT2D eigenvalue weighted by molar-refractivity contribution is 0.474. The molecule has 4 rings (SSSR count). The summed E-state index contributed by atoms with van der Waals surface area (Å²) in [5.74, 6) is 0.739. The Labute approximate surface area is 141 Å². The van der Waals surface area contributed by atoms with E-state index in [-0.39, 0.29) is 11.7 Å². The Morgan fingerprint density at radius 2 is 1.46 bits per heavy atom. The van der Waals surface area contributed by atoms with Gasteiger partial charge in [0.2, 0.25) is 0 Å². The quantitative estimate of drug-likeness (QED) is 0.724. The Morgan fingerprint density at radius 1 is 0.750 bits per heavy atom. The van der Waals surface area contributed by atoms with Gasteiger partial charge in [-0.25, -0.2) is 0 Å². The first kappa shape index (κ1) is 14.6. The van der Waals surface area contributed by atoms with Gasteiger partial charge in [-0.05, 0) is 52.9 Å². The molecule has 0 aromatic heterocycles. The second-order valence-corrected chi connectivity index (χ2v) is 6.22. The van der Waals surface area contributed by atoms with Gasteiger partial charge in [0.15, 0.2) is 0 Å². The van der Waals surface area contributed by atoms with E-state index in [2.05, 4.69) is 18.2 Å². The van der Waals surface area contributed by atoms with Crippen LogP contribution >= 0.6 is 0 Å². The zero-order valence-electron chi connectivity index (χ0n) is 13.2. The summed E-state index contributed by atoms with van der Waals surface area (Å²) in [6, 6.07) is 23.3. The number of aromatic hydroxyl groups is 2. The van der Waals surface area contributed by atoms with E-state index in [1.165, 1.54) is 11.1 Å². The highest BCUT2D eigenvalue weighted by molar-refractivity contribution is 5.71. The van der Waals surface area contributed by atoms with Crippen LogP contribution in [0.5, 0.6) is 11.5 Å². The number of phenols is 2.